The summed E-state index contributed by atoms with van der Waals surface area (Å²) < 4.78 is 18.5. The SMILES string of the molecule is Cc1cccc(-c2noc([C@H]3CCCN3C(=O)NCc3ccc(F)cc3)n2)c1. The summed E-state index contributed by atoms with van der Waals surface area (Å²) >= 11 is 0. The molecule has 0 spiro atoms. The average molecular weight is 380 g/mol. The fraction of sp³-hybridized carbons (Fsp3) is 0.286. The quantitative estimate of drug-likeness (QED) is 0.735. The van der Waals surface area contributed by atoms with Crippen LogP contribution in [0.5, 0.6) is 0 Å². The van der Waals surface area contributed by atoms with E-state index in [0.717, 1.165) is 29.5 Å². The molecule has 3 aromatic rings. The molecule has 7 heteroatoms. The van der Waals surface area contributed by atoms with Gasteiger partial charge in [0.05, 0.1) is 0 Å². The smallest absolute Gasteiger partial charge is 0.318 e. The lowest BCUT2D eigenvalue weighted by Gasteiger charge is -2.22. The topological polar surface area (TPSA) is 71.3 Å². The highest BCUT2D eigenvalue weighted by Crippen LogP contribution is 2.32. The molecule has 28 heavy (non-hydrogen) atoms. The van der Waals surface area contributed by atoms with Crippen molar-refractivity contribution >= 4 is 6.03 Å². The number of hydrogen-bond donors (Lipinski definition) is 1. The largest absolute Gasteiger partial charge is 0.337 e. The van der Waals surface area contributed by atoms with Gasteiger partial charge in [-0.2, -0.15) is 4.98 Å². The number of benzene rings is 2. The molecule has 0 radical (unpaired) electrons. The maximum absolute atomic E-state index is 13.0. The molecule has 1 aliphatic heterocycles. The Kier molecular flexibility index (Phi) is 5.06. The first-order valence-electron chi connectivity index (χ1n) is 9.30. The number of likely N-dealkylation sites (tertiary alicyclic amines) is 1. The van der Waals surface area contributed by atoms with Crippen LogP contribution in [-0.4, -0.2) is 27.6 Å². The van der Waals surface area contributed by atoms with Gasteiger partial charge in [0.1, 0.15) is 11.9 Å². The second-order valence-electron chi connectivity index (χ2n) is 6.96. The van der Waals surface area contributed by atoms with Crippen molar-refractivity contribution in [2.45, 2.75) is 32.4 Å². The number of hydrogen-bond acceptors (Lipinski definition) is 4. The summed E-state index contributed by atoms with van der Waals surface area (Å²) in [6.45, 7) is 2.97. The predicted molar refractivity (Wildman–Crippen MR) is 102 cm³/mol. The molecule has 0 aliphatic carbocycles. The van der Waals surface area contributed by atoms with Crippen molar-refractivity contribution < 1.29 is 13.7 Å². The van der Waals surface area contributed by atoms with E-state index in [1.807, 2.05) is 31.2 Å². The van der Waals surface area contributed by atoms with E-state index in [0.29, 0.717) is 24.8 Å². The molecule has 2 amide bonds. The van der Waals surface area contributed by atoms with E-state index in [4.69, 9.17) is 4.52 Å². The van der Waals surface area contributed by atoms with E-state index in [-0.39, 0.29) is 17.9 Å². The molecule has 1 N–H and O–H groups in total. The van der Waals surface area contributed by atoms with E-state index in [2.05, 4.69) is 15.5 Å². The molecular formula is C21H21FN4O2. The van der Waals surface area contributed by atoms with Crippen molar-refractivity contribution in [2.75, 3.05) is 6.54 Å². The van der Waals surface area contributed by atoms with Gasteiger partial charge in [0, 0.05) is 18.7 Å². The number of nitrogens with one attached hydrogen (secondary N) is 1. The van der Waals surface area contributed by atoms with Gasteiger partial charge in [-0.1, -0.05) is 41.1 Å². The molecule has 6 nitrogen and oxygen atoms in total. The summed E-state index contributed by atoms with van der Waals surface area (Å²) in [6.07, 6.45) is 1.65. The molecule has 1 saturated heterocycles. The number of amides is 2. The normalized spacial score (nSPS) is 16.4. The minimum Gasteiger partial charge on any atom is -0.337 e. The highest BCUT2D eigenvalue weighted by molar-refractivity contribution is 5.75. The Labute approximate surface area is 162 Å². The second kappa shape index (κ2) is 7.80. The molecule has 2 aromatic carbocycles. The Bertz CT molecular complexity index is 971. The van der Waals surface area contributed by atoms with E-state index in [9.17, 15) is 9.18 Å². The third kappa shape index (κ3) is 3.88. The number of rotatable bonds is 4. The minimum atomic E-state index is -0.296. The van der Waals surface area contributed by atoms with E-state index in [1.54, 1.807) is 17.0 Å². The van der Waals surface area contributed by atoms with E-state index < -0.39 is 0 Å². The highest BCUT2D eigenvalue weighted by atomic mass is 19.1. The van der Waals surface area contributed by atoms with Crippen molar-refractivity contribution in [2.24, 2.45) is 0 Å². The third-order valence-corrected chi connectivity index (χ3v) is 4.87. The van der Waals surface area contributed by atoms with Crippen LogP contribution in [0.1, 0.15) is 35.9 Å². The standard InChI is InChI=1S/C21H21FN4O2/c1-14-4-2-5-16(12-14)19-24-20(28-25-19)18-6-3-11-26(18)21(27)23-13-15-7-9-17(22)10-8-15/h2,4-5,7-10,12,18H,3,6,11,13H2,1H3,(H,23,27)/t18-/m1/s1. The molecular weight excluding hydrogens is 359 g/mol. The molecule has 1 fully saturated rings. The number of urea groups is 1. The molecule has 0 bridgehead atoms. The average Bonchev–Trinajstić information content (AvgIpc) is 3.36. The first-order chi connectivity index (χ1) is 13.6. The summed E-state index contributed by atoms with van der Waals surface area (Å²) in [6, 6.07) is 13.5. The van der Waals surface area contributed by atoms with Crippen LogP contribution in [0, 0.1) is 12.7 Å². The van der Waals surface area contributed by atoms with Gasteiger partial charge < -0.3 is 14.7 Å². The van der Waals surface area contributed by atoms with Gasteiger partial charge in [-0.15, -0.1) is 0 Å². The Balaban J connectivity index is 1.44. The number of halogens is 1. The van der Waals surface area contributed by atoms with Gasteiger partial charge in [0.2, 0.25) is 11.7 Å². The number of nitrogens with zero attached hydrogens (tertiary/aromatic N) is 3. The van der Waals surface area contributed by atoms with E-state index in [1.165, 1.54) is 12.1 Å². The molecule has 2 heterocycles. The van der Waals surface area contributed by atoms with Crippen LogP contribution in [0.4, 0.5) is 9.18 Å². The highest BCUT2D eigenvalue weighted by Gasteiger charge is 2.34. The predicted octanol–water partition coefficient (Wildman–Crippen LogP) is 4.23. The van der Waals surface area contributed by atoms with Crippen LogP contribution >= 0.6 is 0 Å². The van der Waals surface area contributed by atoms with Gasteiger partial charge in [-0.05, 0) is 43.5 Å². The van der Waals surface area contributed by atoms with Crippen LogP contribution in [-0.2, 0) is 6.54 Å². The summed E-state index contributed by atoms with van der Waals surface area (Å²) in [4.78, 5) is 18.9. The van der Waals surface area contributed by atoms with Crippen molar-refractivity contribution in [1.82, 2.24) is 20.4 Å². The fourth-order valence-corrected chi connectivity index (χ4v) is 3.42. The zero-order valence-corrected chi connectivity index (χ0v) is 15.6. The van der Waals surface area contributed by atoms with Gasteiger partial charge in [-0.25, -0.2) is 9.18 Å². The van der Waals surface area contributed by atoms with Gasteiger partial charge >= 0.3 is 6.03 Å². The Morgan fingerprint density at radius 3 is 2.89 bits per heavy atom. The maximum atomic E-state index is 13.0. The van der Waals surface area contributed by atoms with Crippen molar-refractivity contribution in [3.8, 4) is 11.4 Å². The van der Waals surface area contributed by atoms with Crippen LogP contribution in [0.3, 0.4) is 0 Å². The van der Waals surface area contributed by atoms with Crippen LogP contribution < -0.4 is 5.32 Å². The lowest BCUT2D eigenvalue weighted by Crippen LogP contribution is -2.39. The number of carbonyl (C=O) groups excluding carboxylic acids is 1. The van der Waals surface area contributed by atoms with E-state index >= 15 is 0 Å². The lowest BCUT2D eigenvalue weighted by atomic mass is 10.1. The van der Waals surface area contributed by atoms with Crippen molar-refractivity contribution in [1.29, 1.82) is 0 Å². The molecule has 0 unspecified atom stereocenters. The molecule has 1 aromatic heterocycles. The maximum Gasteiger partial charge on any atom is 0.318 e. The summed E-state index contributed by atoms with van der Waals surface area (Å²) in [5.74, 6) is 0.679. The molecule has 1 atom stereocenters. The Morgan fingerprint density at radius 1 is 1.29 bits per heavy atom. The van der Waals surface area contributed by atoms with Crippen molar-refractivity contribution in [3.05, 3.63) is 71.4 Å². The van der Waals surface area contributed by atoms with Crippen LogP contribution in [0.15, 0.2) is 53.1 Å². The first-order valence-corrected chi connectivity index (χ1v) is 9.30. The van der Waals surface area contributed by atoms with Crippen LogP contribution in [0.2, 0.25) is 0 Å². The lowest BCUT2D eigenvalue weighted by molar-refractivity contribution is 0.180. The molecule has 144 valence electrons. The Morgan fingerprint density at radius 2 is 2.11 bits per heavy atom. The summed E-state index contributed by atoms with van der Waals surface area (Å²) in [5, 5.41) is 6.97. The third-order valence-electron chi connectivity index (χ3n) is 4.87. The molecule has 1 aliphatic rings. The summed E-state index contributed by atoms with van der Waals surface area (Å²) in [7, 11) is 0. The number of aryl methyl sites for hydroxylation is 1. The van der Waals surface area contributed by atoms with Gasteiger partial charge in [-0.3, -0.25) is 0 Å². The second-order valence-corrected chi connectivity index (χ2v) is 6.96. The molecule has 4 rings (SSSR count). The minimum absolute atomic E-state index is 0.192. The monoisotopic (exact) mass is 380 g/mol. The van der Waals surface area contributed by atoms with Crippen molar-refractivity contribution in [3.63, 3.8) is 0 Å². The first kappa shape index (κ1) is 18.2. The summed E-state index contributed by atoms with van der Waals surface area (Å²) in [5.41, 5.74) is 2.84. The Hall–Kier alpha value is -3.22. The zero-order valence-electron chi connectivity index (χ0n) is 15.6. The molecule has 0 saturated carbocycles. The van der Waals surface area contributed by atoms with Gasteiger partial charge in [0.15, 0.2) is 0 Å². The zero-order chi connectivity index (χ0) is 19.5. The number of aromatic nitrogens is 2. The van der Waals surface area contributed by atoms with Crippen LogP contribution in [0.25, 0.3) is 11.4 Å². The fourth-order valence-electron chi connectivity index (χ4n) is 3.42. The van der Waals surface area contributed by atoms with Gasteiger partial charge in [0.25, 0.3) is 0 Å². The number of carbonyl (C=O) groups is 1.